The van der Waals surface area contributed by atoms with Crippen molar-refractivity contribution < 1.29 is 9.59 Å². The summed E-state index contributed by atoms with van der Waals surface area (Å²) >= 11 is 5.97. The minimum absolute atomic E-state index is 0.0301. The Morgan fingerprint density at radius 2 is 1.91 bits per heavy atom. The van der Waals surface area contributed by atoms with Gasteiger partial charge in [-0.2, -0.15) is 0 Å². The summed E-state index contributed by atoms with van der Waals surface area (Å²) < 4.78 is 0. The number of carbonyl (C=O) groups excluding carboxylic acids is 2. The highest BCUT2D eigenvalue weighted by Gasteiger charge is 2.72. The van der Waals surface area contributed by atoms with Gasteiger partial charge in [-0.1, -0.05) is 32.4 Å². The lowest BCUT2D eigenvalue weighted by molar-refractivity contribution is -0.131. The molecule has 2 unspecified atom stereocenters. The SMILES string of the molecule is Cc1cc(Cl)ccc1NC(=O)C12CCC(C)(C(=O)C1)C2(C)C. The first-order valence-corrected chi connectivity index (χ1v) is 8.13. The summed E-state index contributed by atoms with van der Waals surface area (Å²) in [6.45, 7) is 8.08. The van der Waals surface area contributed by atoms with Crippen LogP contribution in [-0.2, 0) is 9.59 Å². The second-order valence-electron chi connectivity index (χ2n) is 7.55. The molecule has 0 aliphatic heterocycles. The number of rotatable bonds is 2. The smallest absolute Gasteiger partial charge is 0.231 e. The Morgan fingerprint density at radius 1 is 1.23 bits per heavy atom. The van der Waals surface area contributed by atoms with Crippen molar-refractivity contribution in [2.75, 3.05) is 5.32 Å². The maximum absolute atomic E-state index is 13.0. The number of ketones is 1. The number of Topliss-reactive ketones (excluding diaryl/α,β-unsaturated/α-hetero) is 1. The van der Waals surface area contributed by atoms with E-state index in [0.717, 1.165) is 24.1 Å². The number of halogens is 1. The molecule has 22 heavy (non-hydrogen) atoms. The standard InChI is InChI=1S/C18H22ClNO2/c1-11-9-12(19)5-6-13(11)20-15(22)18-8-7-17(4,14(21)10-18)16(18,2)3/h5-6,9H,7-8,10H2,1-4H3,(H,20,22). The molecule has 2 aliphatic rings. The van der Waals surface area contributed by atoms with Crippen molar-refractivity contribution in [1.29, 1.82) is 0 Å². The first-order valence-electron chi connectivity index (χ1n) is 7.75. The van der Waals surface area contributed by atoms with E-state index >= 15 is 0 Å². The second-order valence-corrected chi connectivity index (χ2v) is 7.99. The van der Waals surface area contributed by atoms with Crippen LogP contribution in [0.2, 0.25) is 5.02 Å². The average Bonchev–Trinajstić information content (AvgIpc) is 2.72. The molecule has 1 aromatic carbocycles. The maximum atomic E-state index is 13.0. The third-order valence-electron chi connectivity index (χ3n) is 6.58. The Balaban J connectivity index is 1.94. The topological polar surface area (TPSA) is 46.2 Å². The molecule has 3 nitrogen and oxygen atoms in total. The average molecular weight is 320 g/mol. The van der Waals surface area contributed by atoms with E-state index in [1.807, 2.05) is 26.0 Å². The van der Waals surface area contributed by atoms with Gasteiger partial charge in [0.2, 0.25) is 5.91 Å². The lowest BCUT2D eigenvalue weighted by Crippen LogP contribution is -2.43. The number of anilines is 1. The fraction of sp³-hybridized carbons (Fsp3) is 0.556. The largest absolute Gasteiger partial charge is 0.325 e. The summed E-state index contributed by atoms with van der Waals surface area (Å²) in [6.07, 6.45) is 1.93. The molecule has 2 fully saturated rings. The van der Waals surface area contributed by atoms with Gasteiger partial charge in [-0.25, -0.2) is 0 Å². The zero-order valence-corrected chi connectivity index (χ0v) is 14.3. The van der Waals surface area contributed by atoms with Crippen molar-refractivity contribution in [3.63, 3.8) is 0 Å². The molecule has 2 saturated carbocycles. The van der Waals surface area contributed by atoms with Crippen LogP contribution in [-0.4, -0.2) is 11.7 Å². The minimum Gasteiger partial charge on any atom is -0.325 e. The van der Waals surface area contributed by atoms with Crippen molar-refractivity contribution in [1.82, 2.24) is 0 Å². The Labute approximate surface area is 136 Å². The minimum atomic E-state index is -0.592. The van der Waals surface area contributed by atoms with Crippen molar-refractivity contribution in [2.24, 2.45) is 16.2 Å². The van der Waals surface area contributed by atoms with Crippen molar-refractivity contribution >= 4 is 29.0 Å². The summed E-state index contributed by atoms with van der Waals surface area (Å²) in [7, 11) is 0. The number of benzene rings is 1. The Morgan fingerprint density at radius 3 is 2.41 bits per heavy atom. The molecule has 2 bridgehead atoms. The van der Waals surface area contributed by atoms with E-state index in [4.69, 9.17) is 11.6 Å². The van der Waals surface area contributed by atoms with Crippen LogP contribution in [0.5, 0.6) is 0 Å². The molecule has 4 heteroatoms. The van der Waals surface area contributed by atoms with Gasteiger partial charge in [0, 0.05) is 22.5 Å². The van der Waals surface area contributed by atoms with Crippen LogP contribution >= 0.6 is 11.6 Å². The molecule has 118 valence electrons. The van der Waals surface area contributed by atoms with Gasteiger partial charge in [0.05, 0.1) is 5.41 Å². The van der Waals surface area contributed by atoms with Gasteiger partial charge < -0.3 is 5.32 Å². The lowest BCUT2D eigenvalue weighted by atomic mass is 9.64. The monoisotopic (exact) mass is 319 g/mol. The molecular formula is C18H22ClNO2. The first-order chi connectivity index (χ1) is 10.1. The van der Waals surface area contributed by atoms with Gasteiger partial charge in [0.1, 0.15) is 5.78 Å². The fourth-order valence-electron chi connectivity index (χ4n) is 4.37. The van der Waals surface area contributed by atoms with Crippen molar-refractivity contribution in [2.45, 2.75) is 47.0 Å². The molecule has 2 atom stereocenters. The van der Waals surface area contributed by atoms with Crippen LogP contribution in [0.15, 0.2) is 18.2 Å². The number of hydrogen-bond donors (Lipinski definition) is 1. The van der Waals surface area contributed by atoms with Crippen LogP contribution in [0.1, 0.15) is 45.6 Å². The van der Waals surface area contributed by atoms with E-state index in [9.17, 15) is 9.59 Å². The molecule has 2 aliphatic carbocycles. The zero-order chi connectivity index (χ0) is 16.3. The molecule has 0 saturated heterocycles. The number of amides is 1. The second kappa shape index (κ2) is 4.58. The first kappa shape index (κ1) is 15.5. The van der Waals surface area contributed by atoms with E-state index < -0.39 is 5.41 Å². The molecular weight excluding hydrogens is 298 g/mol. The van der Waals surface area contributed by atoms with Gasteiger partial charge in [-0.05, 0) is 48.9 Å². The third-order valence-corrected chi connectivity index (χ3v) is 6.81. The van der Waals surface area contributed by atoms with Crippen LogP contribution in [0.4, 0.5) is 5.69 Å². The van der Waals surface area contributed by atoms with Gasteiger partial charge in [0.25, 0.3) is 0 Å². The molecule has 0 heterocycles. The van der Waals surface area contributed by atoms with E-state index in [0.29, 0.717) is 11.4 Å². The summed E-state index contributed by atoms with van der Waals surface area (Å²) in [6, 6.07) is 5.42. The summed E-state index contributed by atoms with van der Waals surface area (Å²) in [5, 5.41) is 3.69. The van der Waals surface area contributed by atoms with E-state index in [2.05, 4.69) is 19.2 Å². The van der Waals surface area contributed by atoms with Crippen LogP contribution < -0.4 is 5.32 Å². The zero-order valence-electron chi connectivity index (χ0n) is 13.5. The molecule has 0 spiro atoms. The van der Waals surface area contributed by atoms with Crippen molar-refractivity contribution in [3.8, 4) is 0 Å². The quantitative estimate of drug-likeness (QED) is 0.879. The predicted molar refractivity (Wildman–Crippen MR) is 88.0 cm³/mol. The van der Waals surface area contributed by atoms with E-state index in [1.54, 1.807) is 6.07 Å². The number of nitrogens with one attached hydrogen (secondary N) is 1. The van der Waals surface area contributed by atoms with Gasteiger partial charge in [-0.3, -0.25) is 9.59 Å². The molecule has 0 radical (unpaired) electrons. The maximum Gasteiger partial charge on any atom is 0.231 e. The molecule has 1 aromatic rings. The Hall–Kier alpha value is -1.35. The molecule has 1 N–H and O–H groups in total. The normalized spacial score (nSPS) is 32.3. The summed E-state index contributed by atoms with van der Waals surface area (Å²) in [5.74, 6) is 0.198. The number of hydrogen-bond acceptors (Lipinski definition) is 2. The summed E-state index contributed by atoms with van der Waals surface area (Å²) in [4.78, 5) is 25.5. The van der Waals surface area contributed by atoms with Crippen LogP contribution in [0.25, 0.3) is 0 Å². The predicted octanol–water partition coefficient (Wildman–Crippen LogP) is 4.37. The van der Waals surface area contributed by atoms with Crippen LogP contribution in [0.3, 0.4) is 0 Å². The highest BCUT2D eigenvalue weighted by atomic mass is 35.5. The summed E-state index contributed by atoms with van der Waals surface area (Å²) in [5.41, 5.74) is 0.416. The van der Waals surface area contributed by atoms with E-state index in [1.165, 1.54) is 0 Å². The van der Waals surface area contributed by atoms with Crippen LogP contribution in [0, 0.1) is 23.2 Å². The number of fused-ring (bicyclic) bond motifs is 2. The fourth-order valence-corrected chi connectivity index (χ4v) is 4.60. The molecule has 3 rings (SSSR count). The highest BCUT2D eigenvalue weighted by Crippen LogP contribution is 2.70. The van der Waals surface area contributed by atoms with Gasteiger partial charge >= 0.3 is 0 Å². The third kappa shape index (κ3) is 1.75. The van der Waals surface area contributed by atoms with Crippen molar-refractivity contribution in [3.05, 3.63) is 28.8 Å². The highest BCUT2D eigenvalue weighted by molar-refractivity contribution is 6.30. The number of aryl methyl sites for hydroxylation is 1. The van der Waals surface area contributed by atoms with Gasteiger partial charge in [0.15, 0.2) is 0 Å². The lowest BCUT2D eigenvalue weighted by Gasteiger charge is -2.38. The Kier molecular flexibility index (Phi) is 3.23. The molecule has 0 aromatic heterocycles. The Bertz CT molecular complexity index is 682. The number of carbonyl (C=O) groups is 2. The van der Waals surface area contributed by atoms with Gasteiger partial charge in [-0.15, -0.1) is 0 Å². The molecule has 1 amide bonds. The van der Waals surface area contributed by atoms with E-state index in [-0.39, 0.29) is 22.5 Å².